The average molecular weight is 292 g/mol. The Morgan fingerprint density at radius 2 is 2.00 bits per heavy atom. The molecule has 1 unspecified atom stereocenters. The molecule has 0 radical (unpaired) electrons. The van der Waals surface area contributed by atoms with Gasteiger partial charge in [-0.2, -0.15) is 0 Å². The minimum absolute atomic E-state index is 0.0698. The van der Waals surface area contributed by atoms with Crippen molar-refractivity contribution in [3.63, 3.8) is 0 Å². The molecule has 116 valence electrons. The molecule has 1 aliphatic heterocycles. The summed E-state index contributed by atoms with van der Waals surface area (Å²) in [5.41, 5.74) is 1.15. The Bertz CT molecular complexity index is 432. The fourth-order valence-corrected chi connectivity index (χ4v) is 2.63. The largest absolute Gasteiger partial charge is 0.480 e. The van der Waals surface area contributed by atoms with Crippen molar-refractivity contribution in [2.75, 3.05) is 39.4 Å². The summed E-state index contributed by atoms with van der Waals surface area (Å²) in [4.78, 5) is 15.5. The van der Waals surface area contributed by atoms with Gasteiger partial charge in [-0.25, -0.2) is 0 Å². The molecule has 1 saturated heterocycles. The number of carboxylic acid groups (broad SMARTS) is 1. The van der Waals surface area contributed by atoms with Crippen LogP contribution < -0.4 is 0 Å². The van der Waals surface area contributed by atoms with Crippen molar-refractivity contribution < 1.29 is 14.6 Å². The normalized spacial score (nSPS) is 17.8. The Labute approximate surface area is 126 Å². The summed E-state index contributed by atoms with van der Waals surface area (Å²) in [5, 5.41) is 9.14. The molecule has 0 amide bonds. The van der Waals surface area contributed by atoms with Gasteiger partial charge in [0.25, 0.3) is 0 Å². The lowest BCUT2D eigenvalue weighted by molar-refractivity contribution is -0.139. The molecule has 0 bridgehead atoms. The number of carbonyl (C=O) groups is 1. The van der Waals surface area contributed by atoms with Crippen LogP contribution in [0.15, 0.2) is 30.3 Å². The van der Waals surface area contributed by atoms with E-state index >= 15 is 0 Å². The minimum atomic E-state index is -0.778. The molecule has 1 N–H and O–H groups in total. The van der Waals surface area contributed by atoms with Crippen LogP contribution >= 0.6 is 0 Å². The van der Waals surface area contributed by atoms with Gasteiger partial charge in [0.15, 0.2) is 0 Å². The second kappa shape index (κ2) is 8.12. The Hall–Kier alpha value is -1.43. The standard InChI is InChI=1S/C16H24N2O3/c1-14(11-17-7-9-21-10-8-17)18(13-16(19)20)12-15-5-3-2-4-6-15/h2-6,14H,7-13H2,1H3,(H,19,20). The summed E-state index contributed by atoms with van der Waals surface area (Å²) in [6.45, 7) is 7.10. The first-order chi connectivity index (χ1) is 10.1. The maximum atomic E-state index is 11.1. The maximum absolute atomic E-state index is 11.1. The van der Waals surface area contributed by atoms with E-state index in [4.69, 9.17) is 9.84 Å². The monoisotopic (exact) mass is 292 g/mol. The molecule has 1 heterocycles. The van der Waals surface area contributed by atoms with E-state index in [9.17, 15) is 4.79 Å². The summed E-state index contributed by atoms with van der Waals surface area (Å²) in [6.07, 6.45) is 0. The van der Waals surface area contributed by atoms with Crippen molar-refractivity contribution in [1.29, 1.82) is 0 Å². The first-order valence-electron chi connectivity index (χ1n) is 7.45. The van der Waals surface area contributed by atoms with E-state index in [2.05, 4.69) is 11.8 Å². The van der Waals surface area contributed by atoms with E-state index in [0.717, 1.165) is 38.4 Å². The Morgan fingerprint density at radius 3 is 2.62 bits per heavy atom. The quantitative estimate of drug-likeness (QED) is 0.821. The number of benzene rings is 1. The first-order valence-corrected chi connectivity index (χ1v) is 7.45. The van der Waals surface area contributed by atoms with Crippen LogP contribution in [-0.4, -0.2) is 66.3 Å². The second-order valence-corrected chi connectivity index (χ2v) is 5.55. The molecule has 1 aliphatic rings. The number of morpholine rings is 1. The minimum Gasteiger partial charge on any atom is -0.480 e. The fourth-order valence-electron chi connectivity index (χ4n) is 2.63. The lowest BCUT2D eigenvalue weighted by Gasteiger charge is -2.34. The topological polar surface area (TPSA) is 53.0 Å². The van der Waals surface area contributed by atoms with E-state index in [1.54, 1.807) is 0 Å². The highest BCUT2D eigenvalue weighted by molar-refractivity contribution is 5.69. The van der Waals surface area contributed by atoms with Crippen LogP contribution in [0.4, 0.5) is 0 Å². The Balaban J connectivity index is 1.95. The van der Waals surface area contributed by atoms with Gasteiger partial charge in [0, 0.05) is 32.2 Å². The number of carboxylic acids is 1. The van der Waals surface area contributed by atoms with Crippen LogP contribution in [0.5, 0.6) is 0 Å². The number of aliphatic carboxylic acids is 1. The summed E-state index contributed by atoms with van der Waals surface area (Å²) in [5.74, 6) is -0.778. The molecule has 5 nitrogen and oxygen atoms in total. The highest BCUT2D eigenvalue weighted by Gasteiger charge is 2.21. The molecule has 1 aromatic carbocycles. The molecule has 1 fully saturated rings. The molecule has 5 heteroatoms. The highest BCUT2D eigenvalue weighted by Crippen LogP contribution is 2.10. The van der Waals surface area contributed by atoms with Crippen LogP contribution in [-0.2, 0) is 16.1 Å². The van der Waals surface area contributed by atoms with Gasteiger partial charge in [-0.1, -0.05) is 30.3 Å². The van der Waals surface area contributed by atoms with E-state index in [1.165, 1.54) is 0 Å². The third-order valence-electron chi connectivity index (χ3n) is 3.82. The Kier molecular flexibility index (Phi) is 6.17. The molecule has 1 aromatic rings. The van der Waals surface area contributed by atoms with Gasteiger partial charge in [0.05, 0.1) is 19.8 Å². The molecule has 0 aromatic heterocycles. The molecule has 0 aliphatic carbocycles. The zero-order chi connectivity index (χ0) is 15.1. The van der Waals surface area contributed by atoms with Crippen LogP contribution in [0.3, 0.4) is 0 Å². The first kappa shape index (κ1) is 15.9. The zero-order valence-corrected chi connectivity index (χ0v) is 12.6. The molecule has 2 rings (SSSR count). The highest BCUT2D eigenvalue weighted by atomic mass is 16.5. The van der Waals surface area contributed by atoms with Gasteiger partial charge in [-0.05, 0) is 12.5 Å². The van der Waals surface area contributed by atoms with E-state index < -0.39 is 5.97 Å². The molecule has 1 atom stereocenters. The lowest BCUT2D eigenvalue weighted by Crippen LogP contribution is -2.47. The van der Waals surface area contributed by atoms with E-state index in [-0.39, 0.29) is 12.6 Å². The Morgan fingerprint density at radius 1 is 1.33 bits per heavy atom. The van der Waals surface area contributed by atoms with Gasteiger partial charge in [0.2, 0.25) is 0 Å². The summed E-state index contributed by atoms with van der Waals surface area (Å²) in [7, 11) is 0. The molecular weight excluding hydrogens is 268 g/mol. The van der Waals surface area contributed by atoms with Crippen molar-refractivity contribution in [3.05, 3.63) is 35.9 Å². The maximum Gasteiger partial charge on any atom is 0.317 e. The van der Waals surface area contributed by atoms with Crippen molar-refractivity contribution in [1.82, 2.24) is 9.80 Å². The van der Waals surface area contributed by atoms with E-state index in [1.807, 2.05) is 35.2 Å². The van der Waals surface area contributed by atoms with Gasteiger partial charge in [0.1, 0.15) is 0 Å². The van der Waals surface area contributed by atoms with Crippen LogP contribution in [0, 0.1) is 0 Å². The molecule has 21 heavy (non-hydrogen) atoms. The fraction of sp³-hybridized carbons (Fsp3) is 0.562. The van der Waals surface area contributed by atoms with Gasteiger partial charge < -0.3 is 9.84 Å². The number of nitrogens with zero attached hydrogens (tertiary/aromatic N) is 2. The van der Waals surface area contributed by atoms with Gasteiger partial charge >= 0.3 is 5.97 Å². The molecule has 0 spiro atoms. The predicted octanol–water partition coefficient (Wildman–Crippen LogP) is 1.29. The van der Waals surface area contributed by atoms with Crippen molar-refractivity contribution in [3.8, 4) is 0 Å². The van der Waals surface area contributed by atoms with Gasteiger partial charge in [-0.3, -0.25) is 14.6 Å². The van der Waals surface area contributed by atoms with Crippen molar-refractivity contribution in [2.24, 2.45) is 0 Å². The molecular formula is C16H24N2O3. The number of hydrogen-bond donors (Lipinski definition) is 1. The third-order valence-corrected chi connectivity index (χ3v) is 3.82. The smallest absolute Gasteiger partial charge is 0.317 e. The van der Waals surface area contributed by atoms with Gasteiger partial charge in [-0.15, -0.1) is 0 Å². The van der Waals surface area contributed by atoms with Crippen molar-refractivity contribution in [2.45, 2.75) is 19.5 Å². The van der Waals surface area contributed by atoms with Crippen molar-refractivity contribution >= 4 is 5.97 Å². The van der Waals surface area contributed by atoms with Crippen LogP contribution in [0.25, 0.3) is 0 Å². The second-order valence-electron chi connectivity index (χ2n) is 5.55. The lowest BCUT2D eigenvalue weighted by atomic mass is 10.1. The predicted molar refractivity (Wildman–Crippen MR) is 81.2 cm³/mol. The number of rotatable bonds is 7. The summed E-state index contributed by atoms with van der Waals surface area (Å²) >= 11 is 0. The number of ether oxygens (including phenoxy) is 1. The molecule has 0 saturated carbocycles. The van der Waals surface area contributed by atoms with Crippen LogP contribution in [0.2, 0.25) is 0 Å². The summed E-state index contributed by atoms with van der Waals surface area (Å²) < 4.78 is 5.35. The SMILES string of the molecule is CC(CN1CCOCC1)N(CC(=O)O)Cc1ccccc1. The zero-order valence-electron chi connectivity index (χ0n) is 12.6. The summed E-state index contributed by atoms with van der Waals surface area (Å²) in [6, 6.07) is 10.2. The van der Waals surface area contributed by atoms with Crippen LogP contribution in [0.1, 0.15) is 12.5 Å². The number of hydrogen-bond acceptors (Lipinski definition) is 4. The van der Waals surface area contributed by atoms with E-state index in [0.29, 0.717) is 6.54 Å². The third kappa shape index (κ3) is 5.46. The average Bonchev–Trinajstić information content (AvgIpc) is 2.48.